The fourth-order valence-electron chi connectivity index (χ4n) is 1.66. The SMILES string of the molecule is NC(CO)c1ccc2c(c1)CCN2. The molecule has 1 aromatic rings. The average molecular weight is 178 g/mol. The molecule has 1 heterocycles. The van der Waals surface area contributed by atoms with Gasteiger partial charge in [0, 0.05) is 12.2 Å². The van der Waals surface area contributed by atoms with Crippen LogP contribution in [0.5, 0.6) is 0 Å². The first-order valence-corrected chi connectivity index (χ1v) is 4.54. The van der Waals surface area contributed by atoms with Crippen molar-refractivity contribution in [3.05, 3.63) is 29.3 Å². The molecule has 1 atom stereocenters. The molecule has 0 saturated heterocycles. The Morgan fingerprint density at radius 1 is 1.54 bits per heavy atom. The van der Waals surface area contributed by atoms with Crippen LogP contribution in [0, 0.1) is 0 Å². The highest BCUT2D eigenvalue weighted by Crippen LogP contribution is 2.24. The van der Waals surface area contributed by atoms with Crippen molar-refractivity contribution in [2.45, 2.75) is 12.5 Å². The molecule has 0 amide bonds. The number of aliphatic hydroxyl groups is 1. The zero-order chi connectivity index (χ0) is 9.26. The van der Waals surface area contributed by atoms with E-state index in [2.05, 4.69) is 11.4 Å². The molecular weight excluding hydrogens is 164 g/mol. The Hall–Kier alpha value is -1.06. The summed E-state index contributed by atoms with van der Waals surface area (Å²) in [6.45, 7) is 1.01. The molecule has 0 bridgehead atoms. The van der Waals surface area contributed by atoms with Crippen molar-refractivity contribution in [2.75, 3.05) is 18.5 Å². The summed E-state index contributed by atoms with van der Waals surface area (Å²) in [5.74, 6) is 0. The molecule has 1 aliphatic heterocycles. The van der Waals surface area contributed by atoms with Gasteiger partial charge in [0.15, 0.2) is 0 Å². The van der Waals surface area contributed by atoms with E-state index < -0.39 is 0 Å². The molecular formula is C10H14N2O. The minimum Gasteiger partial charge on any atom is -0.394 e. The monoisotopic (exact) mass is 178 g/mol. The standard InChI is InChI=1S/C10H14N2O/c11-9(6-13)7-1-2-10-8(5-7)3-4-12-10/h1-2,5,9,12-13H,3-4,6,11H2. The predicted octanol–water partition coefficient (Wildman–Crippen LogP) is 0.647. The number of fused-ring (bicyclic) bond motifs is 1. The summed E-state index contributed by atoms with van der Waals surface area (Å²) in [6.07, 6.45) is 1.06. The molecule has 0 aromatic heterocycles. The van der Waals surface area contributed by atoms with E-state index in [1.54, 1.807) is 0 Å². The fraction of sp³-hybridized carbons (Fsp3) is 0.400. The molecule has 2 rings (SSSR count). The van der Waals surface area contributed by atoms with Gasteiger partial charge in [0.1, 0.15) is 0 Å². The van der Waals surface area contributed by atoms with Crippen molar-refractivity contribution in [3.8, 4) is 0 Å². The van der Waals surface area contributed by atoms with Crippen molar-refractivity contribution in [2.24, 2.45) is 5.73 Å². The van der Waals surface area contributed by atoms with Crippen LogP contribution in [0.4, 0.5) is 5.69 Å². The molecule has 3 nitrogen and oxygen atoms in total. The maximum atomic E-state index is 8.90. The molecule has 0 spiro atoms. The van der Waals surface area contributed by atoms with Gasteiger partial charge < -0.3 is 16.2 Å². The van der Waals surface area contributed by atoms with E-state index in [-0.39, 0.29) is 12.6 Å². The van der Waals surface area contributed by atoms with E-state index >= 15 is 0 Å². The summed E-state index contributed by atoms with van der Waals surface area (Å²) < 4.78 is 0. The van der Waals surface area contributed by atoms with Gasteiger partial charge in [0.05, 0.1) is 12.6 Å². The Morgan fingerprint density at radius 2 is 2.38 bits per heavy atom. The normalized spacial score (nSPS) is 16.5. The molecule has 1 aromatic carbocycles. The third-order valence-corrected chi connectivity index (χ3v) is 2.46. The lowest BCUT2D eigenvalue weighted by molar-refractivity contribution is 0.268. The second-order valence-electron chi connectivity index (χ2n) is 3.38. The number of nitrogens with two attached hydrogens (primary N) is 1. The molecule has 1 unspecified atom stereocenters. The largest absolute Gasteiger partial charge is 0.394 e. The van der Waals surface area contributed by atoms with E-state index in [4.69, 9.17) is 10.8 Å². The number of aliphatic hydroxyl groups excluding tert-OH is 1. The summed E-state index contributed by atoms with van der Waals surface area (Å²) in [5.41, 5.74) is 9.25. The van der Waals surface area contributed by atoms with Crippen LogP contribution in [0.1, 0.15) is 17.2 Å². The van der Waals surface area contributed by atoms with Crippen molar-refractivity contribution in [3.63, 3.8) is 0 Å². The Balaban J connectivity index is 2.30. The average Bonchev–Trinajstić information content (AvgIpc) is 2.63. The van der Waals surface area contributed by atoms with Gasteiger partial charge in [0.2, 0.25) is 0 Å². The van der Waals surface area contributed by atoms with Crippen LogP contribution in [0.15, 0.2) is 18.2 Å². The van der Waals surface area contributed by atoms with Crippen molar-refractivity contribution < 1.29 is 5.11 Å². The van der Waals surface area contributed by atoms with E-state index in [1.165, 1.54) is 11.3 Å². The third kappa shape index (κ3) is 1.53. The first kappa shape index (κ1) is 8.53. The van der Waals surface area contributed by atoms with Crippen LogP contribution in [-0.2, 0) is 6.42 Å². The molecule has 0 aliphatic carbocycles. The number of hydrogen-bond donors (Lipinski definition) is 3. The number of nitrogens with one attached hydrogen (secondary N) is 1. The summed E-state index contributed by atoms with van der Waals surface area (Å²) in [4.78, 5) is 0. The van der Waals surface area contributed by atoms with Crippen LogP contribution < -0.4 is 11.1 Å². The smallest absolute Gasteiger partial charge is 0.0624 e. The quantitative estimate of drug-likeness (QED) is 0.623. The second-order valence-corrected chi connectivity index (χ2v) is 3.38. The highest BCUT2D eigenvalue weighted by molar-refractivity contribution is 5.56. The van der Waals surface area contributed by atoms with Gasteiger partial charge >= 0.3 is 0 Å². The van der Waals surface area contributed by atoms with E-state index in [0.717, 1.165) is 18.5 Å². The molecule has 1 aliphatic rings. The number of anilines is 1. The maximum absolute atomic E-state index is 8.90. The van der Waals surface area contributed by atoms with Crippen LogP contribution in [0.2, 0.25) is 0 Å². The first-order valence-electron chi connectivity index (χ1n) is 4.54. The minimum atomic E-state index is -0.245. The van der Waals surface area contributed by atoms with E-state index in [0.29, 0.717) is 0 Å². The van der Waals surface area contributed by atoms with Crippen molar-refractivity contribution >= 4 is 5.69 Å². The van der Waals surface area contributed by atoms with Gasteiger partial charge in [-0.2, -0.15) is 0 Å². The number of hydrogen-bond acceptors (Lipinski definition) is 3. The molecule has 0 radical (unpaired) electrons. The van der Waals surface area contributed by atoms with E-state index in [1.807, 2.05) is 12.1 Å². The molecule has 0 saturated carbocycles. The van der Waals surface area contributed by atoms with E-state index in [9.17, 15) is 0 Å². The predicted molar refractivity (Wildman–Crippen MR) is 52.6 cm³/mol. The van der Waals surface area contributed by atoms with Gasteiger partial charge in [-0.05, 0) is 23.6 Å². The number of benzene rings is 1. The van der Waals surface area contributed by atoms with Gasteiger partial charge in [-0.25, -0.2) is 0 Å². The Labute approximate surface area is 77.6 Å². The lowest BCUT2D eigenvalue weighted by atomic mass is 10.0. The number of rotatable bonds is 2. The van der Waals surface area contributed by atoms with Crippen LogP contribution >= 0.6 is 0 Å². The van der Waals surface area contributed by atoms with Crippen molar-refractivity contribution in [1.29, 1.82) is 0 Å². The molecule has 0 fully saturated rings. The maximum Gasteiger partial charge on any atom is 0.0624 e. The Morgan fingerprint density at radius 3 is 3.15 bits per heavy atom. The zero-order valence-corrected chi connectivity index (χ0v) is 7.46. The van der Waals surface area contributed by atoms with Crippen molar-refractivity contribution in [1.82, 2.24) is 0 Å². The minimum absolute atomic E-state index is 0.00617. The molecule has 70 valence electrons. The van der Waals surface area contributed by atoms with Crippen LogP contribution in [0.3, 0.4) is 0 Å². The lowest BCUT2D eigenvalue weighted by Gasteiger charge is -2.09. The molecule has 3 heteroatoms. The second kappa shape index (κ2) is 3.36. The topological polar surface area (TPSA) is 58.3 Å². The Bertz CT molecular complexity index is 312. The van der Waals surface area contributed by atoms with Gasteiger partial charge in [-0.1, -0.05) is 12.1 Å². The summed E-state index contributed by atoms with van der Waals surface area (Å²) >= 11 is 0. The van der Waals surface area contributed by atoms with Crippen LogP contribution in [-0.4, -0.2) is 18.3 Å². The fourth-order valence-corrected chi connectivity index (χ4v) is 1.66. The van der Waals surface area contributed by atoms with Gasteiger partial charge in [0.25, 0.3) is 0 Å². The summed E-state index contributed by atoms with van der Waals surface area (Å²) in [7, 11) is 0. The highest BCUT2D eigenvalue weighted by atomic mass is 16.3. The first-order chi connectivity index (χ1) is 6.31. The Kier molecular flexibility index (Phi) is 2.20. The lowest BCUT2D eigenvalue weighted by Crippen LogP contribution is -2.14. The van der Waals surface area contributed by atoms with Gasteiger partial charge in [-0.15, -0.1) is 0 Å². The highest BCUT2D eigenvalue weighted by Gasteiger charge is 2.12. The molecule has 4 N–H and O–H groups in total. The summed E-state index contributed by atoms with van der Waals surface area (Å²) in [5, 5.41) is 12.2. The molecule has 13 heavy (non-hydrogen) atoms. The zero-order valence-electron chi connectivity index (χ0n) is 7.46. The third-order valence-electron chi connectivity index (χ3n) is 2.46. The van der Waals surface area contributed by atoms with Crippen LogP contribution in [0.25, 0.3) is 0 Å². The summed E-state index contributed by atoms with van der Waals surface area (Å²) in [6, 6.07) is 5.84. The van der Waals surface area contributed by atoms with Gasteiger partial charge in [-0.3, -0.25) is 0 Å².